The highest BCUT2D eigenvalue weighted by Gasteiger charge is 2.18. The maximum atomic E-state index is 13.5. The maximum Gasteiger partial charge on any atom is 0.155 e. The second kappa shape index (κ2) is 8.80. The Morgan fingerprint density at radius 1 is 1.16 bits per heavy atom. The topological polar surface area (TPSA) is 88.7 Å². The lowest BCUT2D eigenvalue weighted by molar-refractivity contribution is 0.534. The zero-order valence-corrected chi connectivity index (χ0v) is 18.3. The molecule has 0 amide bonds. The predicted octanol–water partition coefficient (Wildman–Crippen LogP) is 4.74. The van der Waals surface area contributed by atoms with Crippen molar-refractivity contribution in [3.63, 3.8) is 0 Å². The number of rotatable bonds is 6. The molecule has 2 N–H and O–H groups in total. The summed E-state index contributed by atoms with van der Waals surface area (Å²) in [5.74, 6) is 0.429. The fraction of sp³-hybridized carbons (Fsp3) is 0.182. The van der Waals surface area contributed by atoms with E-state index in [1.807, 2.05) is 41.3 Å². The van der Waals surface area contributed by atoms with Crippen LogP contribution in [0, 0.1) is 5.82 Å². The van der Waals surface area contributed by atoms with Gasteiger partial charge < -0.3 is 10.3 Å². The van der Waals surface area contributed by atoms with E-state index in [0.717, 1.165) is 28.3 Å². The zero-order valence-electron chi connectivity index (χ0n) is 17.5. The van der Waals surface area contributed by atoms with Crippen LogP contribution in [0.1, 0.15) is 25.7 Å². The van der Waals surface area contributed by atoms with Gasteiger partial charge in [-0.15, -0.1) is 12.4 Å². The van der Waals surface area contributed by atoms with Crippen molar-refractivity contribution < 1.29 is 4.39 Å². The SMILES string of the molecule is CC(C)n1ccc(-c2nc(CNc3cccc(F)c3)[nH]c2-c2ccc3ncnn3c2)n1.Cl. The molecule has 5 aromatic rings. The molecule has 4 heterocycles. The summed E-state index contributed by atoms with van der Waals surface area (Å²) in [5.41, 5.74) is 4.72. The number of pyridine rings is 1. The maximum absolute atomic E-state index is 13.5. The molecular formula is C22H22ClFN8. The van der Waals surface area contributed by atoms with Crippen LogP contribution in [0.15, 0.2) is 61.2 Å². The van der Waals surface area contributed by atoms with Crippen molar-refractivity contribution in [1.82, 2.24) is 34.3 Å². The fourth-order valence-corrected chi connectivity index (χ4v) is 3.40. The first-order valence-electron chi connectivity index (χ1n) is 10.0. The van der Waals surface area contributed by atoms with Crippen LogP contribution in [0.2, 0.25) is 0 Å². The molecule has 0 spiro atoms. The van der Waals surface area contributed by atoms with Gasteiger partial charge in [-0.2, -0.15) is 10.2 Å². The lowest BCUT2D eigenvalue weighted by Crippen LogP contribution is -2.02. The molecule has 0 aliphatic heterocycles. The Kier molecular flexibility index (Phi) is 5.91. The molecule has 32 heavy (non-hydrogen) atoms. The monoisotopic (exact) mass is 452 g/mol. The molecule has 0 fully saturated rings. The number of imidazole rings is 1. The van der Waals surface area contributed by atoms with Crippen LogP contribution < -0.4 is 5.32 Å². The molecule has 0 saturated heterocycles. The number of aromatic amines is 1. The number of H-pyrrole nitrogens is 1. The number of halogens is 2. The average molecular weight is 453 g/mol. The van der Waals surface area contributed by atoms with Gasteiger partial charge in [0.15, 0.2) is 5.65 Å². The van der Waals surface area contributed by atoms with Crippen LogP contribution in [0.4, 0.5) is 10.1 Å². The Morgan fingerprint density at radius 3 is 2.81 bits per heavy atom. The highest BCUT2D eigenvalue weighted by molar-refractivity contribution is 5.85. The Balaban J connectivity index is 0.00000245. The first-order chi connectivity index (χ1) is 15.1. The summed E-state index contributed by atoms with van der Waals surface area (Å²) in [6.07, 6.45) is 5.37. The van der Waals surface area contributed by atoms with Crippen LogP contribution in [0.5, 0.6) is 0 Å². The fourth-order valence-electron chi connectivity index (χ4n) is 3.40. The van der Waals surface area contributed by atoms with Gasteiger partial charge in [0, 0.05) is 29.7 Å². The number of anilines is 1. The summed E-state index contributed by atoms with van der Waals surface area (Å²) in [4.78, 5) is 12.4. The number of aromatic nitrogens is 7. The van der Waals surface area contributed by atoms with E-state index < -0.39 is 0 Å². The molecule has 10 heteroatoms. The van der Waals surface area contributed by atoms with Crippen molar-refractivity contribution in [2.75, 3.05) is 5.32 Å². The largest absolute Gasteiger partial charge is 0.378 e. The van der Waals surface area contributed by atoms with E-state index in [-0.39, 0.29) is 24.3 Å². The summed E-state index contributed by atoms with van der Waals surface area (Å²) in [5, 5.41) is 12.1. The molecule has 0 aliphatic rings. The van der Waals surface area contributed by atoms with Gasteiger partial charge in [0.25, 0.3) is 0 Å². The molecule has 8 nitrogen and oxygen atoms in total. The first kappa shape index (κ1) is 21.5. The van der Waals surface area contributed by atoms with Gasteiger partial charge >= 0.3 is 0 Å². The quantitative estimate of drug-likeness (QED) is 0.388. The lowest BCUT2D eigenvalue weighted by Gasteiger charge is -2.04. The van der Waals surface area contributed by atoms with E-state index in [2.05, 4.69) is 34.2 Å². The predicted molar refractivity (Wildman–Crippen MR) is 123 cm³/mol. The number of fused-ring (bicyclic) bond motifs is 1. The lowest BCUT2D eigenvalue weighted by atomic mass is 10.1. The van der Waals surface area contributed by atoms with Crippen LogP contribution in [0.25, 0.3) is 28.3 Å². The van der Waals surface area contributed by atoms with E-state index in [1.54, 1.807) is 10.6 Å². The van der Waals surface area contributed by atoms with Gasteiger partial charge in [0.2, 0.25) is 0 Å². The van der Waals surface area contributed by atoms with Gasteiger partial charge in [-0.1, -0.05) is 6.07 Å². The molecule has 5 rings (SSSR count). The van der Waals surface area contributed by atoms with E-state index in [4.69, 9.17) is 10.1 Å². The highest BCUT2D eigenvalue weighted by atomic mass is 35.5. The van der Waals surface area contributed by atoms with Gasteiger partial charge in [-0.3, -0.25) is 4.68 Å². The van der Waals surface area contributed by atoms with E-state index in [0.29, 0.717) is 18.1 Å². The summed E-state index contributed by atoms with van der Waals surface area (Å²) in [6, 6.07) is 12.4. The summed E-state index contributed by atoms with van der Waals surface area (Å²) in [6.45, 7) is 4.57. The van der Waals surface area contributed by atoms with Gasteiger partial charge in [0.1, 0.15) is 29.4 Å². The minimum atomic E-state index is -0.286. The molecule has 0 unspecified atom stereocenters. The number of nitrogens with one attached hydrogen (secondary N) is 2. The third-order valence-corrected chi connectivity index (χ3v) is 4.98. The van der Waals surface area contributed by atoms with Crippen LogP contribution in [-0.4, -0.2) is 34.3 Å². The van der Waals surface area contributed by atoms with E-state index in [9.17, 15) is 4.39 Å². The second-order valence-electron chi connectivity index (χ2n) is 7.53. The van der Waals surface area contributed by atoms with Crippen molar-refractivity contribution >= 4 is 23.7 Å². The third-order valence-electron chi connectivity index (χ3n) is 4.98. The molecule has 0 aliphatic carbocycles. The van der Waals surface area contributed by atoms with Gasteiger partial charge in [-0.05, 0) is 50.2 Å². The highest BCUT2D eigenvalue weighted by Crippen LogP contribution is 2.30. The Hall–Kier alpha value is -3.72. The van der Waals surface area contributed by atoms with Crippen LogP contribution in [0.3, 0.4) is 0 Å². The minimum absolute atomic E-state index is 0. The van der Waals surface area contributed by atoms with Gasteiger partial charge in [-0.25, -0.2) is 18.9 Å². The summed E-state index contributed by atoms with van der Waals surface area (Å²) >= 11 is 0. The van der Waals surface area contributed by atoms with Crippen LogP contribution in [-0.2, 0) is 6.54 Å². The molecule has 4 aromatic heterocycles. The number of nitrogens with zero attached hydrogens (tertiary/aromatic N) is 6. The molecular weight excluding hydrogens is 431 g/mol. The minimum Gasteiger partial charge on any atom is -0.378 e. The Bertz CT molecular complexity index is 1350. The Morgan fingerprint density at radius 2 is 2.03 bits per heavy atom. The van der Waals surface area contributed by atoms with Gasteiger partial charge in [0.05, 0.1) is 12.2 Å². The van der Waals surface area contributed by atoms with E-state index >= 15 is 0 Å². The smallest absolute Gasteiger partial charge is 0.155 e. The third kappa shape index (κ3) is 4.19. The molecule has 0 radical (unpaired) electrons. The normalized spacial score (nSPS) is 11.1. The summed E-state index contributed by atoms with van der Waals surface area (Å²) in [7, 11) is 0. The number of benzene rings is 1. The molecule has 0 bridgehead atoms. The second-order valence-corrected chi connectivity index (χ2v) is 7.53. The molecule has 0 saturated carbocycles. The van der Waals surface area contributed by atoms with Crippen molar-refractivity contribution in [2.45, 2.75) is 26.4 Å². The average Bonchev–Trinajstić information content (AvgIpc) is 3.50. The molecule has 1 aromatic carbocycles. The van der Waals surface area contributed by atoms with Crippen molar-refractivity contribution in [3.05, 3.63) is 72.8 Å². The summed E-state index contributed by atoms with van der Waals surface area (Å²) < 4.78 is 17.1. The first-order valence-corrected chi connectivity index (χ1v) is 10.0. The Labute approximate surface area is 189 Å². The number of hydrogen-bond acceptors (Lipinski definition) is 5. The van der Waals surface area contributed by atoms with Crippen molar-refractivity contribution in [1.29, 1.82) is 0 Å². The van der Waals surface area contributed by atoms with E-state index in [1.165, 1.54) is 18.5 Å². The molecule has 0 atom stereocenters. The van der Waals surface area contributed by atoms with Crippen LogP contribution >= 0.6 is 12.4 Å². The van der Waals surface area contributed by atoms with Crippen molar-refractivity contribution in [2.24, 2.45) is 0 Å². The van der Waals surface area contributed by atoms with Crippen molar-refractivity contribution in [3.8, 4) is 22.6 Å². The number of hydrogen-bond donors (Lipinski definition) is 2. The zero-order chi connectivity index (χ0) is 21.4. The standard InChI is InChI=1S/C22H21FN8.ClH/c1-14(2)30-9-8-18(29-30)22-21(15-6-7-20-25-13-26-31(20)12-15)27-19(28-22)11-24-17-5-3-4-16(23)10-17;/h3-10,12-14,24H,11H2,1-2H3,(H,27,28);1H. The molecule has 164 valence electrons.